The van der Waals surface area contributed by atoms with Crippen LogP contribution in [0.25, 0.3) is 11.1 Å². The van der Waals surface area contributed by atoms with Crippen LogP contribution in [0.4, 0.5) is 14.6 Å². The molecule has 1 N–H and O–H groups in total. The van der Waals surface area contributed by atoms with E-state index in [9.17, 15) is 13.6 Å². The van der Waals surface area contributed by atoms with Crippen molar-refractivity contribution in [3.8, 4) is 0 Å². The number of hydrogen-bond acceptors (Lipinski definition) is 5. The third-order valence-corrected chi connectivity index (χ3v) is 6.64. The topological polar surface area (TPSA) is 71.3 Å². The molecule has 0 spiro atoms. The number of benzene rings is 1. The zero-order chi connectivity index (χ0) is 22.7. The van der Waals surface area contributed by atoms with Crippen molar-refractivity contribution in [3.63, 3.8) is 0 Å². The second-order valence-corrected chi connectivity index (χ2v) is 9.37. The van der Waals surface area contributed by atoms with Crippen molar-refractivity contribution in [3.05, 3.63) is 53.0 Å². The maximum atomic E-state index is 13.8. The summed E-state index contributed by atoms with van der Waals surface area (Å²) in [5, 5.41) is 4.05. The van der Waals surface area contributed by atoms with Gasteiger partial charge in [0.25, 0.3) is 11.8 Å². The average molecular weight is 440 g/mol. The van der Waals surface area contributed by atoms with Crippen molar-refractivity contribution in [2.75, 3.05) is 18.4 Å². The zero-order valence-electron chi connectivity index (χ0n) is 18.4. The van der Waals surface area contributed by atoms with E-state index in [1.54, 1.807) is 24.0 Å². The Labute approximate surface area is 185 Å². The molecule has 5 rings (SSSR count). The Morgan fingerprint density at radius 2 is 2.09 bits per heavy atom. The molecule has 1 aliphatic heterocycles. The standard InChI is InChI=1S/C24H26F2N4O2/c1-14-18(19-20(29-23(2)8-9-23)27-13-28-21(19)32-14)22(31)30-10-7-16(12-30)15-5-4-6-17(11-15)24(3,25)26/h4-6,11,13,16H,7-10,12H2,1-3H3,(H,27,28,29). The van der Waals surface area contributed by atoms with Crippen molar-refractivity contribution in [2.45, 2.75) is 57.4 Å². The molecule has 168 valence electrons. The smallest absolute Gasteiger partial charge is 0.270 e. The van der Waals surface area contributed by atoms with Crippen LogP contribution in [0.3, 0.4) is 0 Å². The van der Waals surface area contributed by atoms with Gasteiger partial charge in [-0.1, -0.05) is 18.2 Å². The highest BCUT2D eigenvalue weighted by atomic mass is 19.3. The van der Waals surface area contributed by atoms with Crippen LogP contribution >= 0.6 is 0 Å². The van der Waals surface area contributed by atoms with Crippen molar-refractivity contribution in [1.29, 1.82) is 0 Å². The van der Waals surface area contributed by atoms with Crippen molar-refractivity contribution in [1.82, 2.24) is 14.9 Å². The number of carbonyl (C=O) groups is 1. The maximum Gasteiger partial charge on any atom is 0.270 e. The SMILES string of the molecule is Cc1oc2ncnc(NC3(C)CC3)c2c1C(=O)N1CCC(c2cccc(C(C)(F)F)c2)C1. The molecule has 1 aliphatic carbocycles. The summed E-state index contributed by atoms with van der Waals surface area (Å²) in [6, 6.07) is 6.52. The number of alkyl halides is 2. The van der Waals surface area contributed by atoms with Gasteiger partial charge in [-0.3, -0.25) is 4.79 Å². The van der Waals surface area contributed by atoms with Crippen LogP contribution in [0.1, 0.15) is 66.3 Å². The fourth-order valence-electron chi connectivity index (χ4n) is 4.44. The molecule has 1 aromatic carbocycles. The number of aryl methyl sites for hydroxylation is 1. The summed E-state index contributed by atoms with van der Waals surface area (Å²) in [5.41, 5.74) is 1.68. The number of anilines is 1. The molecule has 3 aromatic rings. The number of likely N-dealkylation sites (tertiary alicyclic amines) is 1. The van der Waals surface area contributed by atoms with Crippen molar-refractivity contribution >= 4 is 22.8 Å². The zero-order valence-corrected chi connectivity index (χ0v) is 18.4. The summed E-state index contributed by atoms with van der Waals surface area (Å²) >= 11 is 0. The Bertz CT molecular complexity index is 1200. The van der Waals surface area contributed by atoms with Gasteiger partial charge in [0.2, 0.25) is 5.71 Å². The van der Waals surface area contributed by atoms with Gasteiger partial charge < -0.3 is 14.6 Å². The minimum Gasteiger partial charge on any atom is -0.442 e. The van der Waals surface area contributed by atoms with E-state index in [2.05, 4.69) is 22.2 Å². The fourth-order valence-corrected chi connectivity index (χ4v) is 4.44. The molecular formula is C24H26F2N4O2. The number of nitrogens with zero attached hydrogens (tertiary/aromatic N) is 3. The molecule has 1 atom stereocenters. The number of aromatic nitrogens is 2. The van der Waals surface area contributed by atoms with Gasteiger partial charge in [-0.05, 0) is 44.7 Å². The van der Waals surface area contributed by atoms with E-state index in [1.807, 2.05) is 6.07 Å². The third-order valence-electron chi connectivity index (χ3n) is 6.64. The average Bonchev–Trinajstić information content (AvgIpc) is 3.15. The Hall–Kier alpha value is -3.03. The van der Waals surface area contributed by atoms with Gasteiger partial charge in [0.05, 0.1) is 10.9 Å². The summed E-state index contributed by atoms with van der Waals surface area (Å²) < 4.78 is 33.3. The molecule has 0 bridgehead atoms. The number of rotatable bonds is 5. The minimum atomic E-state index is -2.89. The number of hydrogen-bond donors (Lipinski definition) is 1. The van der Waals surface area contributed by atoms with Gasteiger partial charge in [-0.25, -0.2) is 18.7 Å². The first-order valence-electron chi connectivity index (χ1n) is 10.9. The van der Waals surface area contributed by atoms with Crippen molar-refractivity contribution < 1.29 is 18.0 Å². The van der Waals surface area contributed by atoms with E-state index in [0.717, 1.165) is 31.7 Å². The molecule has 3 heterocycles. The van der Waals surface area contributed by atoms with Crippen LogP contribution < -0.4 is 5.32 Å². The fraction of sp³-hybridized carbons (Fsp3) is 0.458. The first-order valence-corrected chi connectivity index (χ1v) is 10.9. The highest BCUT2D eigenvalue weighted by molar-refractivity contribution is 6.10. The number of fused-ring (bicyclic) bond motifs is 1. The van der Waals surface area contributed by atoms with Crippen LogP contribution in [0.5, 0.6) is 0 Å². The van der Waals surface area contributed by atoms with Crippen LogP contribution in [-0.2, 0) is 5.92 Å². The van der Waals surface area contributed by atoms with Gasteiger partial charge in [0.15, 0.2) is 0 Å². The number of halogens is 2. The Morgan fingerprint density at radius 3 is 2.81 bits per heavy atom. The van der Waals surface area contributed by atoms with E-state index in [1.165, 1.54) is 12.4 Å². The molecule has 1 saturated heterocycles. The Kier molecular flexibility index (Phi) is 4.72. The number of furan rings is 1. The molecule has 2 fully saturated rings. The molecule has 1 saturated carbocycles. The van der Waals surface area contributed by atoms with E-state index in [0.29, 0.717) is 41.3 Å². The van der Waals surface area contributed by atoms with E-state index in [-0.39, 0.29) is 22.9 Å². The van der Waals surface area contributed by atoms with Gasteiger partial charge in [0.1, 0.15) is 17.9 Å². The first-order chi connectivity index (χ1) is 15.1. The Balaban J connectivity index is 1.43. The first kappa shape index (κ1) is 20.8. The lowest BCUT2D eigenvalue weighted by atomic mass is 9.95. The molecule has 0 radical (unpaired) electrons. The third kappa shape index (κ3) is 3.72. The largest absolute Gasteiger partial charge is 0.442 e. The van der Waals surface area contributed by atoms with Gasteiger partial charge in [0, 0.05) is 37.0 Å². The lowest BCUT2D eigenvalue weighted by molar-refractivity contribution is 0.0173. The lowest BCUT2D eigenvalue weighted by Gasteiger charge is -2.18. The van der Waals surface area contributed by atoms with Crippen LogP contribution in [0.2, 0.25) is 0 Å². The van der Waals surface area contributed by atoms with Crippen LogP contribution in [-0.4, -0.2) is 39.4 Å². The van der Waals surface area contributed by atoms with Gasteiger partial charge in [-0.2, -0.15) is 0 Å². The van der Waals surface area contributed by atoms with Crippen LogP contribution in [0, 0.1) is 6.92 Å². The second kappa shape index (κ2) is 7.25. The normalized spacial score (nSPS) is 20.0. The maximum absolute atomic E-state index is 13.8. The van der Waals surface area contributed by atoms with Crippen molar-refractivity contribution in [2.24, 2.45) is 0 Å². The van der Waals surface area contributed by atoms with Gasteiger partial charge >= 0.3 is 0 Å². The molecule has 32 heavy (non-hydrogen) atoms. The quantitative estimate of drug-likeness (QED) is 0.588. The summed E-state index contributed by atoms with van der Waals surface area (Å²) in [6.07, 6.45) is 4.25. The number of amides is 1. The Morgan fingerprint density at radius 1 is 1.31 bits per heavy atom. The second-order valence-electron chi connectivity index (χ2n) is 9.37. The monoisotopic (exact) mass is 440 g/mol. The van der Waals surface area contributed by atoms with Gasteiger partial charge in [-0.15, -0.1) is 0 Å². The van der Waals surface area contributed by atoms with Crippen LogP contribution in [0.15, 0.2) is 35.0 Å². The predicted octanol–water partition coefficient (Wildman–Crippen LogP) is 5.24. The molecule has 1 unspecified atom stereocenters. The van der Waals surface area contributed by atoms with E-state index >= 15 is 0 Å². The molecule has 8 heteroatoms. The highest BCUT2D eigenvalue weighted by Crippen LogP contribution is 2.41. The van der Waals surface area contributed by atoms with E-state index in [4.69, 9.17) is 4.42 Å². The number of carbonyl (C=O) groups excluding carboxylic acids is 1. The highest BCUT2D eigenvalue weighted by Gasteiger charge is 2.39. The summed E-state index contributed by atoms with van der Waals surface area (Å²) in [6.45, 7) is 5.81. The summed E-state index contributed by atoms with van der Waals surface area (Å²) in [4.78, 5) is 23.9. The number of nitrogens with one attached hydrogen (secondary N) is 1. The molecule has 1 amide bonds. The predicted molar refractivity (Wildman–Crippen MR) is 117 cm³/mol. The molecule has 2 aromatic heterocycles. The van der Waals surface area contributed by atoms with E-state index < -0.39 is 5.92 Å². The minimum absolute atomic E-state index is 0.00196. The summed E-state index contributed by atoms with van der Waals surface area (Å²) in [5.74, 6) is -1.90. The molecular weight excluding hydrogens is 414 g/mol. The lowest BCUT2D eigenvalue weighted by Crippen LogP contribution is -2.29. The summed E-state index contributed by atoms with van der Waals surface area (Å²) in [7, 11) is 0. The molecule has 2 aliphatic rings. The molecule has 6 nitrogen and oxygen atoms in total.